The van der Waals surface area contributed by atoms with Crippen molar-refractivity contribution in [1.29, 1.82) is 0 Å². The summed E-state index contributed by atoms with van der Waals surface area (Å²) in [5.74, 6) is -1.83. The highest BCUT2D eigenvalue weighted by Crippen LogP contribution is 2.23. The van der Waals surface area contributed by atoms with Crippen LogP contribution in [0.4, 0.5) is 13.2 Å². The lowest BCUT2D eigenvalue weighted by molar-refractivity contribution is -0.274. The first-order valence-electron chi connectivity index (χ1n) is 7.77. The number of alkyl halides is 3. The van der Waals surface area contributed by atoms with Gasteiger partial charge in [-0.3, -0.25) is 9.59 Å². The van der Waals surface area contributed by atoms with E-state index in [4.69, 9.17) is 4.74 Å². The van der Waals surface area contributed by atoms with Crippen LogP contribution in [0.1, 0.15) is 20.3 Å². The number of esters is 1. The van der Waals surface area contributed by atoms with Crippen LogP contribution in [0.2, 0.25) is 0 Å². The molecule has 0 radical (unpaired) electrons. The Bertz CT molecular complexity index is 750. The van der Waals surface area contributed by atoms with Gasteiger partial charge in [-0.25, -0.2) is 13.1 Å². The fourth-order valence-electron chi connectivity index (χ4n) is 1.82. The normalized spacial score (nSPS) is 12.9. The first-order valence-corrected chi connectivity index (χ1v) is 9.25. The molecule has 0 aliphatic heterocycles. The molecule has 0 unspecified atom stereocenters. The van der Waals surface area contributed by atoms with E-state index in [1.165, 1.54) is 6.92 Å². The van der Waals surface area contributed by atoms with E-state index < -0.39 is 40.1 Å². The summed E-state index contributed by atoms with van der Waals surface area (Å²) >= 11 is 0. The summed E-state index contributed by atoms with van der Waals surface area (Å²) in [6, 6.07) is 3.56. The molecule has 1 aromatic rings. The molecule has 12 heteroatoms. The topological polar surface area (TPSA) is 111 Å². The van der Waals surface area contributed by atoms with Gasteiger partial charge in [-0.05, 0) is 38.1 Å². The second kappa shape index (κ2) is 9.55. The molecule has 2 N–H and O–H groups in total. The maximum atomic E-state index is 12.1. The number of rotatable bonds is 9. The van der Waals surface area contributed by atoms with Crippen molar-refractivity contribution in [1.82, 2.24) is 10.0 Å². The maximum absolute atomic E-state index is 12.1. The molecular weight excluding hydrogens is 393 g/mol. The maximum Gasteiger partial charge on any atom is 0.573 e. The van der Waals surface area contributed by atoms with Crippen LogP contribution >= 0.6 is 0 Å². The molecule has 1 rings (SSSR count). The standard InChI is InChI=1S/C15H19F3N2O6S/c1-3-19-14(22)10(2)25-13(21)8-9-20-27(23,24)12-6-4-11(5-7-12)26-15(16,17)18/h4-7,10,20H,3,8-9H2,1-2H3,(H,19,22)/t10-/m1/s1. The van der Waals surface area contributed by atoms with Crippen LogP contribution in [0.25, 0.3) is 0 Å². The molecule has 27 heavy (non-hydrogen) atoms. The molecule has 8 nitrogen and oxygen atoms in total. The SMILES string of the molecule is CCNC(=O)[C@@H](C)OC(=O)CCNS(=O)(=O)c1ccc(OC(F)(F)F)cc1. The van der Waals surface area contributed by atoms with Crippen molar-refractivity contribution in [2.75, 3.05) is 13.1 Å². The average molecular weight is 412 g/mol. The predicted molar refractivity (Wildman–Crippen MR) is 87.2 cm³/mol. The van der Waals surface area contributed by atoms with E-state index in [0.29, 0.717) is 6.54 Å². The monoisotopic (exact) mass is 412 g/mol. The Morgan fingerprint density at radius 1 is 1.19 bits per heavy atom. The van der Waals surface area contributed by atoms with Crippen LogP contribution in [0, 0.1) is 0 Å². The van der Waals surface area contributed by atoms with Crippen LogP contribution in [-0.2, 0) is 24.3 Å². The molecule has 1 amide bonds. The van der Waals surface area contributed by atoms with Crippen molar-refractivity contribution in [2.24, 2.45) is 0 Å². The van der Waals surface area contributed by atoms with Crippen molar-refractivity contribution in [3.8, 4) is 5.75 Å². The molecule has 0 aliphatic rings. The number of sulfonamides is 1. The molecule has 0 bridgehead atoms. The van der Waals surface area contributed by atoms with Gasteiger partial charge in [0.25, 0.3) is 5.91 Å². The summed E-state index contributed by atoms with van der Waals surface area (Å²) < 4.78 is 70.9. The number of hydrogen-bond donors (Lipinski definition) is 2. The van der Waals surface area contributed by atoms with Crippen LogP contribution in [0.5, 0.6) is 5.75 Å². The largest absolute Gasteiger partial charge is 0.573 e. The van der Waals surface area contributed by atoms with Crippen LogP contribution in [-0.4, -0.2) is 45.9 Å². The van der Waals surface area contributed by atoms with Gasteiger partial charge in [-0.2, -0.15) is 0 Å². The molecular formula is C15H19F3N2O6S. The van der Waals surface area contributed by atoms with Gasteiger partial charge in [-0.1, -0.05) is 0 Å². The lowest BCUT2D eigenvalue weighted by Crippen LogP contribution is -2.36. The van der Waals surface area contributed by atoms with E-state index in [9.17, 15) is 31.2 Å². The van der Waals surface area contributed by atoms with Gasteiger partial charge in [0.15, 0.2) is 6.10 Å². The minimum absolute atomic E-state index is 0.305. The van der Waals surface area contributed by atoms with Gasteiger partial charge >= 0.3 is 12.3 Å². The Hall–Kier alpha value is -2.34. The van der Waals surface area contributed by atoms with E-state index in [0.717, 1.165) is 24.3 Å². The smallest absolute Gasteiger partial charge is 0.453 e. The van der Waals surface area contributed by atoms with E-state index >= 15 is 0 Å². The number of likely N-dealkylation sites (N-methyl/N-ethyl adjacent to an activating group) is 1. The van der Waals surface area contributed by atoms with Crippen LogP contribution in [0.3, 0.4) is 0 Å². The van der Waals surface area contributed by atoms with Crippen molar-refractivity contribution in [3.05, 3.63) is 24.3 Å². The van der Waals surface area contributed by atoms with Crippen molar-refractivity contribution < 1.29 is 40.7 Å². The van der Waals surface area contributed by atoms with Crippen molar-refractivity contribution >= 4 is 21.9 Å². The number of carbonyl (C=O) groups is 2. The second-order valence-electron chi connectivity index (χ2n) is 5.19. The third kappa shape index (κ3) is 8.26. The Morgan fingerprint density at radius 2 is 1.78 bits per heavy atom. The highest BCUT2D eigenvalue weighted by atomic mass is 32.2. The summed E-state index contributed by atoms with van der Waals surface area (Å²) in [4.78, 5) is 22.7. The number of carbonyl (C=O) groups excluding carboxylic acids is 2. The first-order chi connectivity index (χ1) is 12.4. The lowest BCUT2D eigenvalue weighted by atomic mass is 10.3. The number of amides is 1. The lowest BCUT2D eigenvalue weighted by Gasteiger charge is -2.13. The number of benzene rings is 1. The van der Waals surface area contributed by atoms with Gasteiger partial charge in [0.05, 0.1) is 11.3 Å². The minimum atomic E-state index is -4.88. The Balaban J connectivity index is 2.53. The number of halogens is 3. The quantitative estimate of drug-likeness (QED) is 0.592. The molecule has 0 heterocycles. The van der Waals surface area contributed by atoms with Crippen molar-refractivity contribution in [3.63, 3.8) is 0 Å². The highest BCUT2D eigenvalue weighted by molar-refractivity contribution is 7.89. The summed E-state index contributed by atoms with van der Waals surface area (Å²) in [5.41, 5.74) is 0. The zero-order valence-corrected chi connectivity index (χ0v) is 15.3. The summed E-state index contributed by atoms with van der Waals surface area (Å²) in [6.07, 6.45) is -6.24. The summed E-state index contributed by atoms with van der Waals surface area (Å²) in [7, 11) is -4.04. The predicted octanol–water partition coefficient (Wildman–Crippen LogP) is 1.32. The molecule has 1 aromatic carbocycles. The molecule has 152 valence electrons. The summed E-state index contributed by atoms with van der Waals surface area (Å²) in [6.45, 7) is 3.12. The van der Waals surface area contributed by atoms with E-state index in [1.54, 1.807) is 6.92 Å². The van der Waals surface area contributed by atoms with Gasteiger partial charge in [0.2, 0.25) is 10.0 Å². The number of ether oxygens (including phenoxy) is 2. The van der Waals surface area contributed by atoms with E-state index in [2.05, 4.69) is 14.8 Å². The average Bonchev–Trinajstić information content (AvgIpc) is 2.53. The van der Waals surface area contributed by atoms with Gasteiger partial charge in [-0.15, -0.1) is 13.2 Å². The van der Waals surface area contributed by atoms with E-state index in [1.807, 2.05) is 0 Å². The third-order valence-corrected chi connectivity index (χ3v) is 4.49. The number of hydrogen-bond acceptors (Lipinski definition) is 6. The summed E-state index contributed by atoms with van der Waals surface area (Å²) in [5, 5.41) is 2.46. The molecule has 0 spiro atoms. The Kier molecular flexibility index (Phi) is 8.03. The van der Waals surface area contributed by atoms with Crippen LogP contribution in [0.15, 0.2) is 29.2 Å². The molecule has 0 saturated carbocycles. The molecule has 0 saturated heterocycles. The second-order valence-corrected chi connectivity index (χ2v) is 6.96. The first kappa shape index (κ1) is 22.7. The minimum Gasteiger partial charge on any atom is -0.453 e. The fourth-order valence-corrected chi connectivity index (χ4v) is 2.85. The van der Waals surface area contributed by atoms with Crippen LogP contribution < -0.4 is 14.8 Å². The van der Waals surface area contributed by atoms with Gasteiger partial charge in [0, 0.05) is 13.1 Å². The highest BCUT2D eigenvalue weighted by Gasteiger charge is 2.31. The van der Waals surface area contributed by atoms with Gasteiger partial charge < -0.3 is 14.8 Å². The molecule has 0 aliphatic carbocycles. The zero-order chi connectivity index (χ0) is 20.7. The molecule has 0 fully saturated rings. The molecule has 1 atom stereocenters. The van der Waals surface area contributed by atoms with Crippen molar-refractivity contribution in [2.45, 2.75) is 37.6 Å². The number of nitrogens with one attached hydrogen (secondary N) is 2. The fraction of sp³-hybridized carbons (Fsp3) is 0.467. The van der Waals surface area contributed by atoms with Gasteiger partial charge in [0.1, 0.15) is 5.75 Å². The molecule has 0 aromatic heterocycles. The Morgan fingerprint density at radius 3 is 2.30 bits per heavy atom. The van der Waals surface area contributed by atoms with E-state index in [-0.39, 0.29) is 17.9 Å². The third-order valence-electron chi connectivity index (χ3n) is 3.02. The Labute approximate surface area is 154 Å². The zero-order valence-electron chi connectivity index (χ0n) is 14.5.